The number of benzene rings is 1. The van der Waals surface area contributed by atoms with E-state index >= 15 is 0 Å². The van der Waals surface area contributed by atoms with Gasteiger partial charge in [-0.15, -0.1) is 24.0 Å². The van der Waals surface area contributed by atoms with E-state index in [4.69, 9.17) is 9.47 Å². The van der Waals surface area contributed by atoms with Crippen molar-refractivity contribution in [1.82, 2.24) is 10.6 Å². The number of rotatable bonds is 10. The smallest absolute Gasteiger partial charge is 0.222 e. The zero-order valence-corrected chi connectivity index (χ0v) is 18.3. The van der Waals surface area contributed by atoms with Crippen molar-refractivity contribution < 1.29 is 14.3 Å². The first kappa shape index (κ1) is 24.5. The normalized spacial score (nSPS) is 10.9. The number of amides is 1. The predicted octanol–water partition coefficient (Wildman–Crippen LogP) is 2.48. The number of carbonyl (C=O) groups is 1. The van der Waals surface area contributed by atoms with Gasteiger partial charge in [0, 0.05) is 57.9 Å². The summed E-state index contributed by atoms with van der Waals surface area (Å²) in [5.41, 5.74) is 0.878. The van der Waals surface area contributed by atoms with Crippen molar-refractivity contribution in [2.75, 3.05) is 45.8 Å². The SMILES string of the molecule is CN=C(NCCNC(=O)C(C)C)Nc1cccc(OCCCOC)c1.I. The van der Waals surface area contributed by atoms with Gasteiger partial charge in [-0.1, -0.05) is 19.9 Å². The molecule has 0 aliphatic carbocycles. The molecule has 0 atom stereocenters. The van der Waals surface area contributed by atoms with Crippen LogP contribution in [0.2, 0.25) is 0 Å². The Balaban J connectivity index is 0.00000625. The lowest BCUT2D eigenvalue weighted by Crippen LogP contribution is -2.38. The Morgan fingerprint density at radius 3 is 2.58 bits per heavy atom. The number of nitrogens with one attached hydrogen (secondary N) is 3. The molecule has 0 unspecified atom stereocenters. The molecule has 0 fully saturated rings. The van der Waals surface area contributed by atoms with Crippen molar-refractivity contribution in [2.45, 2.75) is 20.3 Å². The maximum atomic E-state index is 11.5. The van der Waals surface area contributed by atoms with Gasteiger partial charge in [0.15, 0.2) is 5.96 Å². The third-order valence-electron chi connectivity index (χ3n) is 3.32. The van der Waals surface area contributed by atoms with Gasteiger partial charge in [-0.25, -0.2) is 0 Å². The average molecular weight is 478 g/mol. The number of guanidine groups is 1. The Labute approximate surface area is 173 Å². The fourth-order valence-corrected chi connectivity index (χ4v) is 1.94. The molecule has 0 spiro atoms. The van der Waals surface area contributed by atoms with Crippen molar-refractivity contribution in [3.63, 3.8) is 0 Å². The first-order valence-corrected chi connectivity index (χ1v) is 8.54. The van der Waals surface area contributed by atoms with Gasteiger partial charge in [0.05, 0.1) is 6.61 Å². The van der Waals surface area contributed by atoms with Crippen LogP contribution < -0.4 is 20.7 Å². The van der Waals surface area contributed by atoms with E-state index in [1.54, 1.807) is 14.2 Å². The van der Waals surface area contributed by atoms with Crippen LogP contribution in [-0.2, 0) is 9.53 Å². The molecule has 0 saturated carbocycles. The van der Waals surface area contributed by atoms with Crippen LogP contribution >= 0.6 is 24.0 Å². The molecule has 0 saturated heterocycles. The summed E-state index contributed by atoms with van der Waals surface area (Å²) in [4.78, 5) is 15.7. The van der Waals surface area contributed by atoms with Gasteiger partial charge < -0.3 is 25.4 Å². The number of anilines is 1. The van der Waals surface area contributed by atoms with E-state index in [2.05, 4.69) is 20.9 Å². The van der Waals surface area contributed by atoms with E-state index in [-0.39, 0.29) is 35.8 Å². The monoisotopic (exact) mass is 478 g/mol. The van der Waals surface area contributed by atoms with Crippen molar-refractivity contribution >= 4 is 41.5 Å². The van der Waals surface area contributed by atoms with Gasteiger partial charge in [0.1, 0.15) is 5.75 Å². The van der Waals surface area contributed by atoms with Crippen molar-refractivity contribution in [1.29, 1.82) is 0 Å². The van der Waals surface area contributed by atoms with E-state index in [9.17, 15) is 4.79 Å². The second kappa shape index (κ2) is 14.6. The van der Waals surface area contributed by atoms with Crippen molar-refractivity contribution in [3.8, 4) is 5.75 Å². The third kappa shape index (κ3) is 10.4. The molecule has 0 bridgehead atoms. The molecule has 0 aromatic heterocycles. The van der Waals surface area contributed by atoms with Crippen LogP contribution in [0.4, 0.5) is 5.69 Å². The number of hydrogen-bond acceptors (Lipinski definition) is 4. The van der Waals surface area contributed by atoms with E-state index in [1.165, 1.54) is 0 Å². The number of aliphatic imine (C=N–C) groups is 1. The molecule has 0 heterocycles. The van der Waals surface area contributed by atoms with Crippen LogP contribution in [0.5, 0.6) is 5.75 Å². The highest BCUT2D eigenvalue weighted by Gasteiger charge is 2.05. The van der Waals surface area contributed by atoms with E-state index in [0.29, 0.717) is 32.3 Å². The minimum absolute atomic E-state index is 0. The zero-order valence-electron chi connectivity index (χ0n) is 16.0. The van der Waals surface area contributed by atoms with Gasteiger partial charge in [0.25, 0.3) is 0 Å². The number of halogens is 1. The number of methoxy groups -OCH3 is 1. The average Bonchev–Trinajstić information content (AvgIpc) is 2.61. The highest BCUT2D eigenvalue weighted by atomic mass is 127. The van der Waals surface area contributed by atoms with Crippen LogP contribution in [-0.4, -0.2) is 52.3 Å². The van der Waals surface area contributed by atoms with Gasteiger partial charge >= 0.3 is 0 Å². The standard InChI is InChI=1S/C18H30N4O3.HI/c1-14(2)17(23)20-9-10-21-18(19-3)22-15-7-5-8-16(13-15)25-12-6-11-24-4;/h5,7-8,13-14H,6,9-12H2,1-4H3,(H,20,23)(H2,19,21,22);1H. The second-order valence-corrected chi connectivity index (χ2v) is 5.79. The van der Waals surface area contributed by atoms with E-state index in [0.717, 1.165) is 17.9 Å². The largest absolute Gasteiger partial charge is 0.493 e. The molecule has 1 aromatic rings. The number of hydrogen-bond donors (Lipinski definition) is 3. The molecular formula is C18H31IN4O3. The molecule has 0 radical (unpaired) electrons. The molecule has 1 amide bonds. The second-order valence-electron chi connectivity index (χ2n) is 5.79. The molecule has 148 valence electrons. The first-order valence-electron chi connectivity index (χ1n) is 8.54. The van der Waals surface area contributed by atoms with Gasteiger partial charge in [-0.3, -0.25) is 9.79 Å². The summed E-state index contributed by atoms with van der Waals surface area (Å²) in [6.07, 6.45) is 0.847. The van der Waals surface area contributed by atoms with E-state index < -0.39 is 0 Å². The van der Waals surface area contributed by atoms with Gasteiger partial charge in [-0.2, -0.15) is 0 Å². The highest BCUT2D eigenvalue weighted by Crippen LogP contribution is 2.17. The summed E-state index contributed by atoms with van der Waals surface area (Å²) in [6, 6.07) is 7.69. The summed E-state index contributed by atoms with van der Waals surface area (Å²) < 4.78 is 10.7. The summed E-state index contributed by atoms with van der Waals surface area (Å²) in [6.45, 7) is 6.16. The summed E-state index contributed by atoms with van der Waals surface area (Å²) in [5.74, 6) is 1.46. The zero-order chi connectivity index (χ0) is 18.5. The Hall–Kier alpha value is -1.55. The maximum Gasteiger partial charge on any atom is 0.222 e. The molecule has 3 N–H and O–H groups in total. The molecule has 0 aliphatic heterocycles. The fourth-order valence-electron chi connectivity index (χ4n) is 1.94. The maximum absolute atomic E-state index is 11.5. The van der Waals surface area contributed by atoms with Crippen LogP contribution in [0.25, 0.3) is 0 Å². The Bertz CT molecular complexity index is 553. The third-order valence-corrected chi connectivity index (χ3v) is 3.32. The molecule has 1 rings (SSSR count). The lowest BCUT2D eigenvalue weighted by atomic mass is 10.2. The minimum atomic E-state index is -0.0101. The minimum Gasteiger partial charge on any atom is -0.493 e. The number of carbonyl (C=O) groups excluding carboxylic acids is 1. The predicted molar refractivity (Wildman–Crippen MR) is 117 cm³/mol. The summed E-state index contributed by atoms with van der Waals surface area (Å²) in [5, 5.41) is 9.21. The number of ether oxygens (including phenoxy) is 2. The van der Waals surface area contributed by atoms with Crippen LogP contribution in [0, 0.1) is 5.92 Å². The molecule has 0 aliphatic rings. The lowest BCUT2D eigenvalue weighted by Gasteiger charge is -2.14. The number of nitrogens with zero attached hydrogens (tertiary/aromatic N) is 1. The van der Waals surface area contributed by atoms with Crippen LogP contribution in [0.15, 0.2) is 29.3 Å². The topological polar surface area (TPSA) is 84.0 Å². The molecule has 26 heavy (non-hydrogen) atoms. The lowest BCUT2D eigenvalue weighted by molar-refractivity contribution is -0.123. The van der Waals surface area contributed by atoms with Crippen molar-refractivity contribution in [3.05, 3.63) is 24.3 Å². The molecular weight excluding hydrogens is 447 g/mol. The summed E-state index contributed by atoms with van der Waals surface area (Å²) >= 11 is 0. The summed E-state index contributed by atoms with van der Waals surface area (Å²) in [7, 11) is 3.38. The molecule has 1 aromatic carbocycles. The Morgan fingerprint density at radius 2 is 1.92 bits per heavy atom. The van der Waals surface area contributed by atoms with E-state index in [1.807, 2.05) is 38.1 Å². The Kier molecular flexibility index (Phi) is 13.7. The van der Waals surface area contributed by atoms with Crippen molar-refractivity contribution in [2.24, 2.45) is 10.9 Å². The quantitative estimate of drug-likeness (QED) is 0.208. The highest BCUT2D eigenvalue weighted by molar-refractivity contribution is 14.0. The Morgan fingerprint density at radius 1 is 1.19 bits per heavy atom. The fraction of sp³-hybridized carbons (Fsp3) is 0.556. The molecule has 7 nitrogen and oxygen atoms in total. The molecule has 8 heteroatoms. The van der Waals surface area contributed by atoms with Crippen LogP contribution in [0.3, 0.4) is 0 Å². The van der Waals surface area contributed by atoms with Gasteiger partial charge in [0.2, 0.25) is 5.91 Å². The van der Waals surface area contributed by atoms with Gasteiger partial charge in [-0.05, 0) is 12.1 Å². The first-order chi connectivity index (χ1) is 12.1. The van der Waals surface area contributed by atoms with Crippen LogP contribution in [0.1, 0.15) is 20.3 Å².